The Morgan fingerprint density at radius 1 is 1.00 bits per heavy atom. The third-order valence-corrected chi connectivity index (χ3v) is 4.12. The summed E-state index contributed by atoms with van der Waals surface area (Å²) in [5, 5.41) is 0. The highest BCUT2D eigenvalue weighted by Crippen LogP contribution is 2.25. The molecule has 0 N–H and O–H groups in total. The zero-order valence-corrected chi connectivity index (χ0v) is 10.7. The SMILES string of the molecule is C1=NCCC(C2=NCC(C3CC=NCC3)C=N2)C1. The third-order valence-electron chi connectivity index (χ3n) is 4.12. The summed E-state index contributed by atoms with van der Waals surface area (Å²) in [6.07, 6.45) is 10.6. The molecule has 3 aliphatic heterocycles. The second-order valence-corrected chi connectivity index (χ2v) is 5.32. The molecule has 0 aromatic carbocycles. The molecule has 0 radical (unpaired) electrons. The lowest BCUT2D eigenvalue weighted by Gasteiger charge is -2.27. The molecule has 0 amide bonds. The molecule has 3 unspecified atom stereocenters. The van der Waals surface area contributed by atoms with E-state index in [0.717, 1.165) is 44.7 Å². The van der Waals surface area contributed by atoms with Crippen LogP contribution in [-0.4, -0.2) is 44.1 Å². The zero-order chi connectivity index (χ0) is 12.2. The van der Waals surface area contributed by atoms with Crippen molar-refractivity contribution in [3.8, 4) is 0 Å². The number of rotatable bonds is 2. The van der Waals surface area contributed by atoms with Crippen LogP contribution in [0.1, 0.15) is 25.7 Å². The first-order valence-electron chi connectivity index (χ1n) is 6.98. The normalized spacial score (nSPS) is 35.6. The quantitative estimate of drug-likeness (QED) is 0.714. The highest BCUT2D eigenvalue weighted by molar-refractivity contribution is 5.95. The maximum Gasteiger partial charge on any atom is 0.126 e. The summed E-state index contributed by atoms with van der Waals surface area (Å²) in [6.45, 7) is 2.83. The number of hydrogen-bond acceptors (Lipinski definition) is 4. The fraction of sp³-hybridized carbons (Fsp3) is 0.714. The highest BCUT2D eigenvalue weighted by Gasteiger charge is 2.25. The van der Waals surface area contributed by atoms with E-state index in [1.54, 1.807) is 0 Å². The van der Waals surface area contributed by atoms with E-state index >= 15 is 0 Å². The molecule has 0 fully saturated rings. The molecule has 0 aromatic heterocycles. The van der Waals surface area contributed by atoms with Crippen LogP contribution >= 0.6 is 0 Å². The van der Waals surface area contributed by atoms with Gasteiger partial charge >= 0.3 is 0 Å². The average Bonchev–Trinajstić information content (AvgIpc) is 2.49. The number of nitrogens with zero attached hydrogens (tertiary/aromatic N) is 4. The van der Waals surface area contributed by atoms with Crippen molar-refractivity contribution in [2.24, 2.45) is 37.7 Å². The van der Waals surface area contributed by atoms with E-state index in [4.69, 9.17) is 4.99 Å². The Morgan fingerprint density at radius 3 is 2.44 bits per heavy atom. The molecule has 0 spiro atoms. The molecule has 0 saturated heterocycles. The highest BCUT2D eigenvalue weighted by atomic mass is 15.0. The summed E-state index contributed by atoms with van der Waals surface area (Å²) in [6, 6.07) is 0. The monoisotopic (exact) mass is 244 g/mol. The van der Waals surface area contributed by atoms with E-state index in [2.05, 4.69) is 27.4 Å². The van der Waals surface area contributed by atoms with Gasteiger partial charge in [0.15, 0.2) is 0 Å². The summed E-state index contributed by atoms with van der Waals surface area (Å²) in [5.74, 6) is 2.79. The largest absolute Gasteiger partial charge is 0.298 e. The van der Waals surface area contributed by atoms with Crippen molar-refractivity contribution in [3.63, 3.8) is 0 Å². The molecule has 3 aliphatic rings. The summed E-state index contributed by atoms with van der Waals surface area (Å²) in [7, 11) is 0. The minimum Gasteiger partial charge on any atom is -0.298 e. The van der Waals surface area contributed by atoms with Crippen LogP contribution in [0, 0.1) is 17.8 Å². The summed E-state index contributed by atoms with van der Waals surface area (Å²) >= 11 is 0. The van der Waals surface area contributed by atoms with Gasteiger partial charge in [0.2, 0.25) is 0 Å². The number of aliphatic imine (C=N–C) groups is 4. The fourth-order valence-electron chi connectivity index (χ4n) is 2.89. The van der Waals surface area contributed by atoms with Crippen molar-refractivity contribution in [2.75, 3.05) is 19.6 Å². The Labute approximate surface area is 108 Å². The Hall–Kier alpha value is -1.32. The van der Waals surface area contributed by atoms with Gasteiger partial charge in [-0.15, -0.1) is 0 Å². The summed E-state index contributed by atoms with van der Waals surface area (Å²) in [4.78, 5) is 17.9. The molecule has 4 heteroatoms. The van der Waals surface area contributed by atoms with Crippen LogP contribution in [0.3, 0.4) is 0 Å². The van der Waals surface area contributed by atoms with Crippen molar-refractivity contribution in [2.45, 2.75) is 25.7 Å². The molecular weight excluding hydrogens is 224 g/mol. The molecule has 3 rings (SSSR count). The first-order valence-corrected chi connectivity index (χ1v) is 6.98. The van der Waals surface area contributed by atoms with Crippen molar-refractivity contribution in [1.82, 2.24) is 0 Å². The molecule has 3 heterocycles. The van der Waals surface area contributed by atoms with Crippen LogP contribution in [0.2, 0.25) is 0 Å². The molecule has 0 aromatic rings. The minimum absolute atomic E-state index is 0.507. The maximum absolute atomic E-state index is 4.72. The van der Waals surface area contributed by atoms with Gasteiger partial charge in [0.05, 0.1) is 0 Å². The third kappa shape index (κ3) is 2.57. The van der Waals surface area contributed by atoms with Crippen molar-refractivity contribution >= 4 is 24.5 Å². The standard InChI is InChI=1S/C14H20N4/c1-5-15-6-2-11(1)13-9-17-14(18-10-13)12-3-7-16-8-4-12/h5,7,9,11-13H,1-4,6,8,10H2. The predicted octanol–water partition coefficient (Wildman–Crippen LogP) is 2.05. The molecule has 0 aliphatic carbocycles. The first kappa shape index (κ1) is 11.8. The van der Waals surface area contributed by atoms with E-state index in [-0.39, 0.29) is 0 Å². The second kappa shape index (κ2) is 5.55. The Balaban J connectivity index is 1.59. The van der Waals surface area contributed by atoms with Gasteiger partial charge < -0.3 is 0 Å². The number of hydrogen-bond donors (Lipinski definition) is 0. The van der Waals surface area contributed by atoms with E-state index < -0.39 is 0 Å². The fourth-order valence-corrected chi connectivity index (χ4v) is 2.89. The lowest BCUT2D eigenvalue weighted by atomic mass is 9.86. The van der Waals surface area contributed by atoms with Crippen LogP contribution in [0.5, 0.6) is 0 Å². The van der Waals surface area contributed by atoms with E-state index in [1.165, 1.54) is 6.42 Å². The van der Waals surface area contributed by atoms with Gasteiger partial charge in [-0.05, 0) is 44.0 Å². The lowest BCUT2D eigenvalue weighted by Crippen LogP contribution is -2.28. The zero-order valence-electron chi connectivity index (χ0n) is 10.7. The van der Waals surface area contributed by atoms with Crippen LogP contribution in [0.25, 0.3) is 0 Å². The van der Waals surface area contributed by atoms with Gasteiger partial charge in [-0.2, -0.15) is 0 Å². The molecule has 4 nitrogen and oxygen atoms in total. The second-order valence-electron chi connectivity index (χ2n) is 5.32. The minimum atomic E-state index is 0.507. The van der Waals surface area contributed by atoms with E-state index in [9.17, 15) is 0 Å². The Morgan fingerprint density at radius 2 is 1.83 bits per heavy atom. The van der Waals surface area contributed by atoms with Crippen molar-refractivity contribution < 1.29 is 0 Å². The van der Waals surface area contributed by atoms with Crippen LogP contribution < -0.4 is 0 Å². The van der Waals surface area contributed by atoms with Gasteiger partial charge in [-0.3, -0.25) is 15.0 Å². The van der Waals surface area contributed by atoms with Gasteiger partial charge in [0, 0.05) is 37.7 Å². The topological polar surface area (TPSA) is 49.4 Å². The maximum atomic E-state index is 4.72. The smallest absolute Gasteiger partial charge is 0.126 e. The van der Waals surface area contributed by atoms with Gasteiger partial charge in [-0.1, -0.05) is 0 Å². The molecule has 18 heavy (non-hydrogen) atoms. The molecule has 96 valence electrons. The molecule has 0 saturated carbocycles. The van der Waals surface area contributed by atoms with Gasteiger partial charge in [-0.25, -0.2) is 4.99 Å². The van der Waals surface area contributed by atoms with Crippen molar-refractivity contribution in [3.05, 3.63) is 0 Å². The van der Waals surface area contributed by atoms with E-state index in [0.29, 0.717) is 17.8 Å². The molecule has 3 atom stereocenters. The van der Waals surface area contributed by atoms with Gasteiger partial charge in [0.1, 0.15) is 5.84 Å². The van der Waals surface area contributed by atoms with Gasteiger partial charge in [0.25, 0.3) is 0 Å². The predicted molar refractivity (Wildman–Crippen MR) is 76.5 cm³/mol. The average molecular weight is 244 g/mol. The summed E-state index contributed by atoms with van der Waals surface area (Å²) < 4.78 is 0. The Bertz CT molecular complexity index is 408. The molecular formula is C14H20N4. The first-order chi connectivity index (χ1) is 8.93. The Kier molecular flexibility index (Phi) is 3.62. The lowest BCUT2D eigenvalue weighted by molar-refractivity contribution is 0.407. The van der Waals surface area contributed by atoms with Crippen LogP contribution in [-0.2, 0) is 0 Å². The summed E-state index contributed by atoms with van der Waals surface area (Å²) in [5.41, 5.74) is 0. The molecule has 0 bridgehead atoms. The van der Waals surface area contributed by atoms with Crippen LogP contribution in [0.15, 0.2) is 20.0 Å². The van der Waals surface area contributed by atoms with Crippen LogP contribution in [0.4, 0.5) is 0 Å². The number of amidine groups is 1. The van der Waals surface area contributed by atoms with Crippen molar-refractivity contribution in [1.29, 1.82) is 0 Å². The van der Waals surface area contributed by atoms with E-state index in [1.807, 2.05) is 6.21 Å².